The first-order valence-electron chi connectivity index (χ1n) is 10.7. The van der Waals surface area contributed by atoms with Crippen LogP contribution in [-0.4, -0.2) is 20.4 Å². The van der Waals surface area contributed by atoms with Crippen molar-refractivity contribution in [2.24, 2.45) is 0 Å². The number of para-hydroxylation sites is 2. The molecule has 5 nitrogen and oxygen atoms in total. The summed E-state index contributed by atoms with van der Waals surface area (Å²) >= 11 is 0. The molecule has 6 heteroatoms. The Hall–Kier alpha value is -3.12. The Labute approximate surface area is 190 Å². The molecule has 0 fully saturated rings. The van der Waals surface area contributed by atoms with Crippen LogP contribution in [0.5, 0.6) is 0 Å². The van der Waals surface area contributed by atoms with Crippen molar-refractivity contribution in [2.75, 3.05) is 9.62 Å². The molecule has 0 radical (unpaired) electrons. The van der Waals surface area contributed by atoms with Gasteiger partial charge in [0.25, 0.3) is 15.9 Å². The second-order valence-electron chi connectivity index (χ2n) is 9.26. The fourth-order valence-electron chi connectivity index (χ4n) is 4.26. The summed E-state index contributed by atoms with van der Waals surface area (Å²) in [5.74, 6) is -0.339. The molecule has 1 aliphatic rings. The van der Waals surface area contributed by atoms with Crippen molar-refractivity contribution in [3.8, 4) is 0 Å². The zero-order chi connectivity index (χ0) is 23.1. The molecule has 0 bridgehead atoms. The van der Waals surface area contributed by atoms with E-state index in [1.54, 1.807) is 18.2 Å². The third-order valence-electron chi connectivity index (χ3n) is 5.78. The number of fused-ring (bicyclic) bond motifs is 1. The molecule has 1 heterocycles. The number of rotatable bonds is 4. The SMILES string of the molecule is CC1Cc2ccccc2N1S(=O)(=O)c1cccc(C(=O)Nc2ccccc2C(C)(C)C)c1. The molecule has 0 aromatic heterocycles. The Morgan fingerprint density at radius 3 is 2.41 bits per heavy atom. The average Bonchev–Trinajstić information content (AvgIpc) is 3.10. The van der Waals surface area contributed by atoms with Gasteiger partial charge in [-0.2, -0.15) is 0 Å². The van der Waals surface area contributed by atoms with Gasteiger partial charge in [0.1, 0.15) is 0 Å². The lowest BCUT2D eigenvalue weighted by molar-refractivity contribution is 0.102. The smallest absolute Gasteiger partial charge is 0.264 e. The Bertz CT molecular complexity index is 1280. The normalized spacial score (nSPS) is 16.0. The minimum Gasteiger partial charge on any atom is -0.322 e. The van der Waals surface area contributed by atoms with Gasteiger partial charge in [-0.3, -0.25) is 9.10 Å². The molecule has 1 atom stereocenters. The van der Waals surface area contributed by atoms with Gasteiger partial charge in [0.15, 0.2) is 0 Å². The van der Waals surface area contributed by atoms with E-state index in [0.29, 0.717) is 17.7 Å². The van der Waals surface area contributed by atoms with Crippen LogP contribution in [0.1, 0.15) is 49.2 Å². The highest BCUT2D eigenvalue weighted by atomic mass is 32.2. The van der Waals surface area contributed by atoms with E-state index >= 15 is 0 Å². The molecule has 1 amide bonds. The Morgan fingerprint density at radius 1 is 0.969 bits per heavy atom. The maximum atomic E-state index is 13.5. The number of hydrogen-bond donors (Lipinski definition) is 1. The van der Waals surface area contributed by atoms with E-state index in [4.69, 9.17) is 0 Å². The number of sulfonamides is 1. The van der Waals surface area contributed by atoms with Crippen LogP contribution in [-0.2, 0) is 21.9 Å². The number of nitrogens with one attached hydrogen (secondary N) is 1. The van der Waals surface area contributed by atoms with Gasteiger partial charge in [-0.05, 0) is 60.2 Å². The lowest BCUT2D eigenvalue weighted by Crippen LogP contribution is -2.35. The number of hydrogen-bond acceptors (Lipinski definition) is 3. The quantitative estimate of drug-likeness (QED) is 0.583. The van der Waals surface area contributed by atoms with Crippen LogP contribution in [0.25, 0.3) is 0 Å². The molecule has 0 saturated carbocycles. The molecule has 3 aromatic rings. The summed E-state index contributed by atoms with van der Waals surface area (Å²) < 4.78 is 28.5. The largest absolute Gasteiger partial charge is 0.322 e. The molecule has 0 spiro atoms. The van der Waals surface area contributed by atoms with E-state index in [9.17, 15) is 13.2 Å². The first-order valence-corrected chi connectivity index (χ1v) is 12.2. The van der Waals surface area contributed by atoms with Crippen LogP contribution >= 0.6 is 0 Å². The summed E-state index contributed by atoms with van der Waals surface area (Å²) in [5.41, 5.74) is 3.61. The Kier molecular flexibility index (Phi) is 5.59. The fraction of sp³-hybridized carbons (Fsp3) is 0.269. The second-order valence-corrected chi connectivity index (χ2v) is 11.1. The van der Waals surface area contributed by atoms with E-state index in [1.165, 1.54) is 10.4 Å². The predicted molar refractivity (Wildman–Crippen MR) is 129 cm³/mol. The van der Waals surface area contributed by atoms with Gasteiger partial charge < -0.3 is 5.32 Å². The minimum atomic E-state index is -3.81. The van der Waals surface area contributed by atoms with Gasteiger partial charge in [0, 0.05) is 17.3 Å². The Balaban J connectivity index is 1.66. The van der Waals surface area contributed by atoms with Crippen molar-refractivity contribution in [2.45, 2.75) is 50.5 Å². The molecule has 1 aliphatic heterocycles. The second kappa shape index (κ2) is 8.10. The third kappa shape index (κ3) is 4.02. The highest BCUT2D eigenvalue weighted by molar-refractivity contribution is 7.92. The van der Waals surface area contributed by atoms with E-state index < -0.39 is 10.0 Å². The zero-order valence-electron chi connectivity index (χ0n) is 18.8. The van der Waals surface area contributed by atoms with Crippen molar-refractivity contribution in [1.29, 1.82) is 0 Å². The van der Waals surface area contributed by atoms with Gasteiger partial charge in [-0.1, -0.05) is 63.2 Å². The van der Waals surface area contributed by atoms with Crippen LogP contribution in [0.3, 0.4) is 0 Å². The molecule has 0 aliphatic carbocycles. The number of carbonyl (C=O) groups is 1. The molecular formula is C26H28N2O3S. The van der Waals surface area contributed by atoms with E-state index in [2.05, 4.69) is 26.1 Å². The van der Waals surface area contributed by atoms with Crippen LogP contribution in [0.15, 0.2) is 77.7 Å². The summed E-state index contributed by atoms with van der Waals surface area (Å²) in [6, 6.07) is 21.3. The maximum absolute atomic E-state index is 13.5. The van der Waals surface area contributed by atoms with Gasteiger partial charge in [0.05, 0.1) is 10.6 Å². The number of nitrogens with zero attached hydrogens (tertiary/aromatic N) is 1. The van der Waals surface area contributed by atoms with Crippen molar-refractivity contribution in [3.05, 3.63) is 89.5 Å². The van der Waals surface area contributed by atoms with Crippen LogP contribution in [0, 0.1) is 0 Å². The molecule has 0 saturated heterocycles. The van der Waals surface area contributed by atoms with Gasteiger partial charge >= 0.3 is 0 Å². The van der Waals surface area contributed by atoms with Gasteiger partial charge in [-0.25, -0.2) is 8.42 Å². The van der Waals surface area contributed by atoms with E-state index in [0.717, 1.165) is 16.8 Å². The molecule has 1 unspecified atom stereocenters. The summed E-state index contributed by atoms with van der Waals surface area (Å²) in [4.78, 5) is 13.1. The lowest BCUT2D eigenvalue weighted by atomic mass is 9.86. The number of anilines is 2. The third-order valence-corrected chi connectivity index (χ3v) is 7.71. The van der Waals surface area contributed by atoms with Crippen molar-refractivity contribution in [1.82, 2.24) is 0 Å². The molecule has 3 aromatic carbocycles. The topological polar surface area (TPSA) is 66.5 Å². The molecule has 4 rings (SSSR count). The van der Waals surface area contributed by atoms with Gasteiger partial charge in [-0.15, -0.1) is 0 Å². The first kappa shape index (κ1) is 22.1. The number of amides is 1. The average molecular weight is 449 g/mol. The highest BCUT2D eigenvalue weighted by Gasteiger charge is 2.36. The number of carbonyl (C=O) groups excluding carboxylic acids is 1. The molecule has 1 N–H and O–H groups in total. The zero-order valence-corrected chi connectivity index (χ0v) is 19.6. The molecular weight excluding hydrogens is 420 g/mol. The standard InChI is InChI=1S/C26H28N2O3S/c1-18-16-19-10-5-8-15-24(19)28(18)32(30,31)21-12-9-11-20(17-21)25(29)27-23-14-7-6-13-22(23)26(2,3)4/h5-15,17-18H,16H2,1-4H3,(H,27,29). The minimum absolute atomic E-state index is 0.109. The number of benzene rings is 3. The van der Waals surface area contributed by atoms with Crippen LogP contribution in [0.2, 0.25) is 0 Å². The van der Waals surface area contributed by atoms with Crippen LogP contribution in [0.4, 0.5) is 11.4 Å². The Morgan fingerprint density at radius 2 is 1.66 bits per heavy atom. The summed E-state index contributed by atoms with van der Waals surface area (Å²) in [5, 5.41) is 2.96. The van der Waals surface area contributed by atoms with E-state index in [-0.39, 0.29) is 22.3 Å². The fourth-order valence-corrected chi connectivity index (χ4v) is 5.99. The molecule has 166 valence electrons. The van der Waals surface area contributed by atoms with Crippen molar-refractivity contribution >= 4 is 27.3 Å². The van der Waals surface area contributed by atoms with Gasteiger partial charge in [0.2, 0.25) is 0 Å². The lowest BCUT2D eigenvalue weighted by Gasteiger charge is -2.25. The highest BCUT2D eigenvalue weighted by Crippen LogP contribution is 2.36. The van der Waals surface area contributed by atoms with E-state index in [1.807, 2.05) is 55.5 Å². The van der Waals surface area contributed by atoms with Crippen molar-refractivity contribution in [3.63, 3.8) is 0 Å². The summed E-state index contributed by atoms with van der Waals surface area (Å²) in [7, 11) is -3.81. The summed E-state index contributed by atoms with van der Waals surface area (Å²) in [6.45, 7) is 8.15. The van der Waals surface area contributed by atoms with Crippen LogP contribution < -0.4 is 9.62 Å². The predicted octanol–water partition coefficient (Wildman–Crippen LogP) is 5.38. The first-order chi connectivity index (χ1) is 15.1. The molecule has 32 heavy (non-hydrogen) atoms. The summed E-state index contributed by atoms with van der Waals surface area (Å²) in [6.07, 6.45) is 0.666. The monoisotopic (exact) mass is 448 g/mol. The van der Waals surface area contributed by atoms with Crippen molar-refractivity contribution < 1.29 is 13.2 Å². The maximum Gasteiger partial charge on any atom is 0.264 e.